The molecule has 0 aliphatic rings. The Bertz CT molecular complexity index is 802. The number of benzene rings is 2. The Balaban J connectivity index is 1.59. The first kappa shape index (κ1) is 15.3. The van der Waals surface area contributed by atoms with Crippen LogP contribution in [-0.2, 0) is 17.8 Å². The molecule has 0 saturated carbocycles. The molecular formula is C20H22N2O. The van der Waals surface area contributed by atoms with Crippen molar-refractivity contribution < 1.29 is 4.79 Å². The SMILES string of the molecule is Cc1ccc(CN(C)C(=O)CCc2c[nH]c3ccccc23)cc1. The van der Waals surface area contributed by atoms with Gasteiger partial charge in [0.05, 0.1) is 0 Å². The Morgan fingerprint density at radius 3 is 2.61 bits per heavy atom. The van der Waals surface area contributed by atoms with Crippen molar-refractivity contribution in [3.63, 3.8) is 0 Å². The minimum atomic E-state index is 0.177. The molecule has 3 rings (SSSR count). The molecule has 2 aromatic carbocycles. The number of aromatic nitrogens is 1. The lowest BCUT2D eigenvalue weighted by Crippen LogP contribution is -2.26. The van der Waals surface area contributed by atoms with Crippen LogP contribution in [0.1, 0.15) is 23.1 Å². The summed E-state index contributed by atoms with van der Waals surface area (Å²) >= 11 is 0. The van der Waals surface area contributed by atoms with Crippen LogP contribution in [0.3, 0.4) is 0 Å². The molecule has 3 aromatic rings. The zero-order valence-corrected chi connectivity index (χ0v) is 13.7. The predicted octanol–water partition coefficient (Wildman–Crippen LogP) is 4.07. The van der Waals surface area contributed by atoms with Gasteiger partial charge in [-0.3, -0.25) is 4.79 Å². The predicted molar refractivity (Wildman–Crippen MR) is 94.3 cm³/mol. The van der Waals surface area contributed by atoms with E-state index in [2.05, 4.69) is 48.3 Å². The number of H-pyrrole nitrogens is 1. The summed E-state index contributed by atoms with van der Waals surface area (Å²) in [5, 5.41) is 1.21. The molecule has 0 radical (unpaired) electrons. The van der Waals surface area contributed by atoms with Crippen LogP contribution < -0.4 is 0 Å². The van der Waals surface area contributed by atoms with Crippen molar-refractivity contribution in [2.45, 2.75) is 26.3 Å². The summed E-state index contributed by atoms with van der Waals surface area (Å²) in [7, 11) is 1.87. The van der Waals surface area contributed by atoms with Crippen LogP contribution in [0.2, 0.25) is 0 Å². The number of nitrogens with zero attached hydrogens (tertiary/aromatic N) is 1. The van der Waals surface area contributed by atoms with E-state index >= 15 is 0 Å². The first-order chi connectivity index (χ1) is 11.1. The Morgan fingerprint density at radius 2 is 1.83 bits per heavy atom. The third-order valence-electron chi connectivity index (χ3n) is 4.25. The summed E-state index contributed by atoms with van der Waals surface area (Å²) in [5.74, 6) is 0.177. The second kappa shape index (κ2) is 6.69. The molecule has 3 heteroatoms. The number of fused-ring (bicyclic) bond motifs is 1. The Labute approximate surface area is 136 Å². The fourth-order valence-corrected chi connectivity index (χ4v) is 2.83. The van der Waals surface area contributed by atoms with Crippen molar-refractivity contribution in [1.82, 2.24) is 9.88 Å². The van der Waals surface area contributed by atoms with Gasteiger partial charge < -0.3 is 9.88 Å². The van der Waals surface area contributed by atoms with E-state index < -0.39 is 0 Å². The largest absolute Gasteiger partial charge is 0.361 e. The summed E-state index contributed by atoms with van der Waals surface area (Å²) in [6.45, 7) is 2.73. The van der Waals surface area contributed by atoms with E-state index in [1.807, 2.05) is 25.4 Å². The van der Waals surface area contributed by atoms with Gasteiger partial charge in [0.15, 0.2) is 0 Å². The molecule has 0 aliphatic heterocycles. The van der Waals surface area contributed by atoms with E-state index in [-0.39, 0.29) is 5.91 Å². The molecular weight excluding hydrogens is 284 g/mol. The van der Waals surface area contributed by atoms with E-state index in [9.17, 15) is 4.79 Å². The summed E-state index contributed by atoms with van der Waals surface area (Å²) in [6.07, 6.45) is 3.31. The van der Waals surface area contributed by atoms with E-state index in [1.165, 1.54) is 22.1 Å². The molecule has 118 valence electrons. The topological polar surface area (TPSA) is 36.1 Å². The average Bonchev–Trinajstić information content (AvgIpc) is 2.98. The monoisotopic (exact) mass is 306 g/mol. The molecule has 0 aliphatic carbocycles. The summed E-state index contributed by atoms with van der Waals surface area (Å²) < 4.78 is 0. The van der Waals surface area contributed by atoms with Crippen molar-refractivity contribution in [3.8, 4) is 0 Å². The molecule has 0 spiro atoms. The van der Waals surface area contributed by atoms with Gasteiger partial charge in [0, 0.05) is 37.1 Å². The number of hydrogen-bond acceptors (Lipinski definition) is 1. The molecule has 0 fully saturated rings. The van der Waals surface area contributed by atoms with Gasteiger partial charge in [-0.1, -0.05) is 48.0 Å². The summed E-state index contributed by atoms with van der Waals surface area (Å²) in [6, 6.07) is 16.5. The lowest BCUT2D eigenvalue weighted by atomic mass is 10.1. The molecule has 0 saturated heterocycles. The molecule has 0 bridgehead atoms. The maximum absolute atomic E-state index is 12.4. The van der Waals surface area contributed by atoms with Crippen LogP contribution in [0.4, 0.5) is 0 Å². The summed E-state index contributed by atoms with van der Waals surface area (Å²) in [4.78, 5) is 17.4. The Hall–Kier alpha value is -2.55. The molecule has 23 heavy (non-hydrogen) atoms. The van der Waals surface area contributed by atoms with E-state index in [1.54, 1.807) is 4.90 Å². The zero-order chi connectivity index (χ0) is 16.2. The maximum Gasteiger partial charge on any atom is 0.222 e. The van der Waals surface area contributed by atoms with Gasteiger partial charge in [0.1, 0.15) is 0 Å². The smallest absolute Gasteiger partial charge is 0.222 e. The minimum Gasteiger partial charge on any atom is -0.361 e. The lowest BCUT2D eigenvalue weighted by Gasteiger charge is -2.17. The van der Waals surface area contributed by atoms with Crippen molar-refractivity contribution in [3.05, 3.63) is 71.4 Å². The first-order valence-corrected chi connectivity index (χ1v) is 7.98. The standard InChI is InChI=1S/C20H22N2O/c1-15-7-9-16(10-8-15)14-22(2)20(23)12-11-17-13-21-19-6-4-3-5-18(17)19/h3-10,13,21H,11-12,14H2,1-2H3. The number of rotatable bonds is 5. The highest BCUT2D eigenvalue weighted by Crippen LogP contribution is 2.19. The fraction of sp³-hybridized carbons (Fsp3) is 0.250. The quantitative estimate of drug-likeness (QED) is 0.758. The van der Waals surface area contributed by atoms with Crippen LogP contribution in [0, 0.1) is 6.92 Å². The van der Waals surface area contributed by atoms with Crippen molar-refractivity contribution in [1.29, 1.82) is 0 Å². The second-order valence-electron chi connectivity index (χ2n) is 6.09. The fourth-order valence-electron chi connectivity index (χ4n) is 2.83. The average molecular weight is 306 g/mol. The first-order valence-electron chi connectivity index (χ1n) is 7.98. The van der Waals surface area contributed by atoms with Gasteiger partial charge in [-0.25, -0.2) is 0 Å². The number of para-hydroxylation sites is 1. The number of carbonyl (C=O) groups is 1. The number of amides is 1. The highest BCUT2D eigenvalue weighted by Gasteiger charge is 2.11. The number of carbonyl (C=O) groups excluding carboxylic acids is 1. The van der Waals surface area contributed by atoms with Crippen molar-refractivity contribution in [2.24, 2.45) is 0 Å². The Kier molecular flexibility index (Phi) is 4.47. The van der Waals surface area contributed by atoms with Crippen LogP contribution in [0.25, 0.3) is 10.9 Å². The van der Waals surface area contributed by atoms with E-state index in [0.29, 0.717) is 13.0 Å². The molecule has 0 atom stereocenters. The molecule has 1 heterocycles. The number of hydrogen-bond donors (Lipinski definition) is 1. The van der Waals surface area contributed by atoms with Crippen molar-refractivity contribution in [2.75, 3.05) is 7.05 Å². The lowest BCUT2D eigenvalue weighted by molar-refractivity contribution is -0.130. The van der Waals surface area contributed by atoms with E-state index in [0.717, 1.165) is 11.9 Å². The van der Waals surface area contributed by atoms with Gasteiger partial charge >= 0.3 is 0 Å². The number of aryl methyl sites for hydroxylation is 2. The highest BCUT2D eigenvalue weighted by atomic mass is 16.2. The normalized spacial score (nSPS) is 10.9. The second-order valence-corrected chi connectivity index (χ2v) is 6.09. The number of aromatic amines is 1. The summed E-state index contributed by atoms with van der Waals surface area (Å²) in [5.41, 5.74) is 4.74. The molecule has 3 nitrogen and oxygen atoms in total. The van der Waals surface area contributed by atoms with Gasteiger partial charge in [-0.05, 0) is 30.5 Å². The van der Waals surface area contributed by atoms with Crippen molar-refractivity contribution >= 4 is 16.8 Å². The van der Waals surface area contributed by atoms with Crippen LogP contribution >= 0.6 is 0 Å². The van der Waals surface area contributed by atoms with Crippen LogP contribution in [-0.4, -0.2) is 22.8 Å². The van der Waals surface area contributed by atoms with Crippen LogP contribution in [0.5, 0.6) is 0 Å². The highest BCUT2D eigenvalue weighted by molar-refractivity contribution is 5.84. The van der Waals surface area contributed by atoms with Crippen LogP contribution in [0.15, 0.2) is 54.7 Å². The number of nitrogens with one attached hydrogen (secondary N) is 1. The minimum absolute atomic E-state index is 0.177. The van der Waals surface area contributed by atoms with E-state index in [4.69, 9.17) is 0 Å². The molecule has 1 amide bonds. The Morgan fingerprint density at radius 1 is 1.09 bits per heavy atom. The third-order valence-corrected chi connectivity index (χ3v) is 4.25. The zero-order valence-electron chi connectivity index (χ0n) is 13.7. The van der Waals surface area contributed by atoms with Gasteiger partial charge in [0.25, 0.3) is 0 Å². The van der Waals surface area contributed by atoms with Gasteiger partial charge in [-0.15, -0.1) is 0 Å². The van der Waals surface area contributed by atoms with Gasteiger partial charge in [0.2, 0.25) is 5.91 Å². The molecule has 0 unspecified atom stereocenters. The molecule has 1 N–H and O–H groups in total. The third kappa shape index (κ3) is 3.62. The molecule has 1 aromatic heterocycles. The van der Waals surface area contributed by atoms with Gasteiger partial charge in [-0.2, -0.15) is 0 Å². The maximum atomic E-state index is 12.4.